The van der Waals surface area contributed by atoms with Crippen LogP contribution in [0.2, 0.25) is 0 Å². The zero-order valence-corrected chi connectivity index (χ0v) is 14.0. The molecular weight excluding hydrogens is 300 g/mol. The van der Waals surface area contributed by atoms with Crippen molar-refractivity contribution in [3.05, 3.63) is 22.4 Å². The van der Waals surface area contributed by atoms with Crippen molar-refractivity contribution in [3.8, 4) is 0 Å². The maximum Gasteiger partial charge on any atom is 0.317 e. The van der Waals surface area contributed by atoms with Crippen molar-refractivity contribution in [1.29, 1.82) is 0 Å². The average molecular weight is 324 g/mol. The number of nitrogens with one attached hydrogen (secondary N) is 1. The molecule has 122 valence electrons. The van der Waals surface area contributed by atoms with Crippen LogP contribution < -0.4 is 5.32 Å². The van der Waals surface area contributed by atoms with Crippen LogP contribution in [0.15, 0.2) is 17.5 Å². The van der Waals surface area contributed by atoms with Gasteiger partial charge in [0.05, 0.1) is 13.0 Å². The number of ether oxygens (including phenoxy) is 1. The molecule has 1 saturated heterocycles. The molecule has 6 heteroatoms. The minimum absolute atomic E-state index is 0.0772. The number of urea groups is 1. The minimum atomic E-state index is -0.219. The molecule has 1 N–H and O–H groups in total. The lowest BCUT2D eigenvalue weighted by Gasteiger charge is -2.31. The average Bonchev–Trinajstić information content (AvgIpc) is 3.04. The van der Waals surface area contributed by atoms with Gasteiger partial charge in [0.1, 0.15) is 0 Å². The van der Waals surface area contributed by atoms with Crippen molar-refractivity contribution in [3.63, 3.8) is 0 Å². The normalized spacial score (nSPS) is 19.5. The fraction of sp³-hybridized carbons (Fsp3) is 0.625. The Bertz CT molecular complexity index is 490. The van der Waals surface area contributed by atoms with Gasteiger partial charge >= 0.3 is 12.0 Å². The van der Waals surface area contributed by atoms with E-state index in [1.807, 2.05) is 6.07 Å². The van der Waals surface area contributed by atoms with Crippen molar-refractivity contribution in [2.24, 2.45) is 11.8 Å². The molecule has 0 radical (unpaired) electrons. The first kappa shape index (κ1) is 16.8. The van der Waals surface area contributed by atoms with Crippen LogP contribution in [0.25, 0.3) is 0 Å². The van der Waals surface area contributed by atoms with E-state index in [0.29, 0.717) is 25.6 Å². The van der Waals surface area contributed by atoms with Crippen LogP contribution in [0.1, 0.15) is 24.6 Å². The number of piperidine rings is 1. The molecule has 2 atom stereocenters. The van der Waals surface area contributed by atoms with Gasteiger partial charge < -0.3 is 15.0 Å². The second-order valence-corrected chi connectivity index (χ2v) is 6.92. The number of thiophene rings is 1. The Morgan fingerprint density at radius 3 is 3.05 bits per heavy atom. The van der Waals surface area contributed by atoms with E-state index in [2.05, 4.69) is 23.7 Å². The third kappa shape index (κ3) is 4.73. The third-order valence-electron chi connectivity index (χ3n) is 3.97. The Morgan fingerprint density at radius 2 is 2.36 bits per heavy atom. The molecule has 0 saturated carbocycles. The van der Waals surface area contributed by atoms with Gasteiger partial charge in [-0.25, -0.2) is 4.79 Å². The molecular formula is C16H24N2O3S. The second-order valence-electron chi connectivity index (χ2n) is 5.88. The summed E-state index contributed by atoms with van der Waals surface area (Å²) in [5.41, 5.74) is 0. The Kier molecular flexibility index (Phi) is 6.24. The fourth-order valence-corrected chi connectivity index (χ4v) is 3.61. The van der Waals surface area contributed by atoms with E-state index in [-0.39, 0.29) is 17.9 Å². The number of methoxy groups -OCH3 is 1. The number of likely N-dealkylation sites (tertiary alicyclic amines) is 1. The largest absolute Gasteiger partial charge is 0.469 e. The molecule has 0 spiro atoms. The van der Waals surface area contributed by atoms with E-state index in [9.17, 15) is 9.59 Å². The summed E-state index contributed by atoms with van der Waals surface area (Å²) in [4.78, 5) is 26.9. The van der Waals surface area contributed by atoms with Gasteiger partial charge in [0, 0.05) is 24.5 Å². The molecule has 22 heavy (non-hydrogen) atoms. The van der Waals surface area contributed by atoms with E-state index in [4.69, 9.17) is 4.74 Å². The first-order chi connectivity index (χ1) is 10.6. The summed E-state index contributed by atoms with van der Waals surface area (Å²) in [6.45, 7) is 3.94. The molecule has 1 aliphatic rings. The molecule has 0 aliphatic carbocycles. The molecule has 2 amide bonds. The summed E-state index contributed by atoms with van der Waals surface area (Å²) in [6.07, 6.45) is 2.62. The van der Waals surface area contributed by atoms with Crippen molar-refractivity contribution >= 4 is 23.3 Å². The summed E-state index contributed by atoms with van der Waals surface area (Å²) >= 11 is 1.75. The lowest BCUT2D eigenvalue weighted by atomic mass is 9.98. The van der Waals surface area contributed by atoms with Crippen LogP contribution in [0.4, 0.5) is 4.79 Å². The number of carbonyl (C=O) groups excluding carboxylic acids is 2. The molecule has 1 aromatic heterocycles. The van der Waals surface area contributed by atoms with E-state index < -0.39 is 0 Å². The van der Waals surface area contributed by atoms with Gasteiger partial charge in [-0.2, -0.15) is 0 Å². The van der Waals surface area contributed by atoms with E-state index in [1.165, 1.54) is 12.0 Å². The van der Waals surface area contributed by atoms with E-state index in [0.717, 1.165) is 19.3 Å². The highest BCUT2D eigenvalue weighted by molar-refractivity contribution is 7.09. The number of carbonyl (C=O) groups is 2. The molecule has 2 rings (SSSR count). The van der Waals surface area contributed by atoms with Crippen molar-refractivity contribution in [2.75, 3.05) is 26.7 Å². The summed E-state index contributed by atoms with van der Waals surface area (Å²) < 4.78 is 4.78. The van der Waals surface area contributed by atoms with E-state index in [1.54, 1.807) is 16.2 Å². The number of amides is 2. The predicted octanol–water partition coefficient (Wildman–Crippen LogP) is 2.52. The van der Waals surface area contributed by atoms with Crippen molar-refractivity contribution in [2.45, 2.75) is 26.2 Å². The van der Waals surface area contributed by atoms with Gasteiger partial charge in [0.15, 0.2) is 0 Å². The molecule has 1 aromatic rings. The molecule has 5 nitrogen and oxygen atoms in total. The number of rotatable bonds is 5. The summed E-state index contributed by atoms with van der Waals surface area (Å²) in [5, 5.41) is 5.05. The van der Waals surface area contributed by atoms with Gasteiger partial charge in [0.2, 0.25) is 0 Å². The van der Waals surface area contributed by atoms with Crippen molar-refractivity contribution in [1.82, 2.24) is 10.2 Å². The predicted molar refractivity (Wildman–Crippen MR) is 86.9 cm³/mol. The first-order valence-electron chi connectivity index (χ1n) is 7.73. The summed E-state index contributed by atoms with van der Waals surface area (Å²) in [6, 6.07) is 4.09. The third-order valence-corrected chi connectivity index (χ3v) is 4.87. The standard InChI is InChI=1S/C16H24N2O3S/c1-12(9-14-6-4-8-22-14)10-17-16(20)18-7-3-5-13(11-18)15(19)21-2/h4,6,8,12-13H,3,5,7,9-11H2,1-2H3,(H,17,20)/t12-,13-/m0/s1. The number of esters is 1. The highest BCUT2D eigenvalue weighted by Gasteiger charge is 2.28. The smallest absolute Gasteiger partial charge is 0.317 e. The lowest BCUT2D eigenvalue weighted by Crippen LogP contribution is -2.48. The Balaban J connectivity index is 1.75. The topological polar surface area (TPSA) is 58.6 Å². The molecule has 1 aliphatic heterocycles. The molecule has 1 fully saturated rings. The SMILES string of the molecule is COC(=O)[C@H]1CCCN(C(=O)NC[C@@H](C)Cc2cccs2)C1. The number of hydrogen-bond donors (Lipinski definition) is 1. The Hall–Kier alpha value is -1.56. The minimum Gasteiger partial charge on any atom is -0.469 e. The zero-order chi connectivity index (χ0) is 15.9. The second kappa shape index (κ2) is 8.17. The van der Waals surface area contributed by atoms with Crippen LogP contribution in [0, 0.1) is 11.8 Å². The maximum absolute atomic E-state index is 12.2. The highest BCUT2D eigenvalue weighted by Crippen LogP contribution is 2.18. The fourth-order valence-electron chi connectivity index (χ4n) is 2.74. The molecule has 0 aromatic carbocycles. The Labute approximate surface area is 135 Å². The van der Waals surface area contributed by atoms with Gasteiger partial charge in [-0.3, -0.25) is 4.79 Å². The number of nitrogens with zero attached hydrogens (tertiary/aromatic N) is 1. The van der Waals surface area contributed by atoms with Crippen LogP contribution in [0.5, 0.6) is 0 Å². The Morgan fingerprint density at radius 1 is 1.55 bits per heavy atom. The molecule has 0 bridgehead atoms. The monoisotopic (exact) mass is 324 g/mol. The quantitative estimate of drug-likeness (QED) is 0.847. The molecule has 0 unspecified atom stereocenters. The van der Waals surface area contributed by atoms with Gasteiger partial charge in [-0.15, -0.1) is 11.3 Å². The maximum atomic E-state index is 12.2. The van der Waals surface area contributed by atoms with E-state index >= 15 is 0 Å². The van der Waals surface area contributed by atoms with Crippen LogP contribution in [-0.4, -0.2) is 43.6 Å². The van der Waals surface area contributed by atoms with Crippen LogP contribution in [-0.2, 0) is 16.0 Å². The van der Waals surface area contributed by atoms with Crippen LogP contribution >= 0.6 is 11.3 Å². The molecule has 2 heterocycles. The van der Waals surface area contributed by atoms with Gasteiger partial charge in [-0.05, 0) is 36.6 Å². The van der Waals surface area contributed by atoms with Gasteiger partial charge in [-0.1, -0.05) is 13.0 Å². The zero-order valence-electron chi connectivity index (χ0n) is 13.2. The summed E-state index contributed by atoms with van der Waals surface area (Å²) in [5.74, 6) is -0.0135. The first-order valence-corrected chi connectivity index (χ1v) is 8.61. The summed E-state index contributed by atoms with van der Waals surface area (Å²) in [7, 11) is 1.40. The van der Waals surface area contributed by atoms with Crippen LogP contribution in [0.3, 0.4) is 0 Å². The lowest BCUT2D eigenvalue weighted by molar-refractivity contribution is -0.146. The van der Waals surface area contributed by atoms with Gasteiger partial charge in [0.25, 0.3) is 0 Å². The van der Waals surface area contributed by atoms with Crippen molar-refractivity contribution < 1.29 is 14.3 Å². The highest BCUT2D eigenvalue weighted by atomic mass is 32.1. The number of hydrogen-bond acceptors (Lipinski definition) is 4.